The van der Waals surface area contributed by atoms with Gasteiger partial charge in [0.15, 0.2) is 0 Å². The van der Waals surface area contributed by atoms with Crippen molar-refractivity contribution in [3.8, 4) is 5.75 Å². The van der Waals surface area contributed by atoms with Gasteiger partial charge in [-0.25, -0.2) is 0 Å². The fraction of sp³-hybridized carbons (Fsp3) is 0.500. The Balaban J connectivity index is 2.27. The molecule has 2 N–H and O–H groups in total. The molecule has 0 atom stereocenters. The largest absolute Gasteiger partial charge is 0.489 e. The molecule has 0 aromatic heterocycles. The zero-order valence-corrected chi connectivity index (χ0v) is 13.4. The summed E-state index contributed by atoms with van der Waals surface area (Å²) in [7, 11) is 1.68. The van der Waals surface area contributed by atoms with Crippen molar-refractivity contribution in [3.63, 3.8) is 0 Å². The Bertz CT molecular complexity index is 351. The molecule has 0 radical (unpaired) electrons. The highest BCUT2D eigenvalue weighted by Crippen LogP contribution is 2.35. The number of methoxy groups -OCH3 is 1. The van der Waals surface area contributed by atoms with Crippen LogP contribution in [0.15, 0.2) is 21.1 Å². The third-order valence-electron chi connectivity index (χ3n) is 2.13. The fourth-order valence-corrected chi connectivity index (χ4v) is 2.78. The highest BCUT2D eigenvalue weighted by atomic mass is 79.9. The van der Waals surface area contributed by atoms with Crippen LogP contribution in [-0.4, -0.2) is 33.5 Å². The number of ether oxygens (including phenoxy) is 3. The summed E-state index contributed by atoms with van der Waals surface area (Å²) in [5, 5.41) is 0. The molecule has 0 aliphatic heterocycles. The average molecular weight is 383 g/mol. The summed E-state index contributed by atoms with van der Waals surface area (Å²) >= 11 is 6.82. The second-order valence-corrected chi connectivity index (χ2v) is 5.33. The summed E-state index contributed by atoms with van der Waals surface area (Å²) in [5.74, 6) is 0.740. The Labute approximate surface area is 124 Å². The van der Waals surface area contributed by atoms with Gasteiger partial charge in [-0.15, -0.1) is 0 Å². The Morgan fingerprint density at radius 2 is 1.72 bits per heavy atom. The van der Waals surface area contributed by atoms with E-state index in [9.17, 15) is 0 Å². The van der Waals surface area contributed by atoms with Crippen molar-refractivity contribution in [1.82, 2.24) is 0 Å². The molecule has 102 valence electrons. The number of rotatable bonds is 8. The van der Waals surface area contributed by atoms with Crippen LogP contribution in [0.25, 0.3) is 0 Å². The topological polar surface area (TPSA) is 53.7 Å². The quantitative estimate of drug-likeness (QED) is 0.554. The molecule has 0 aliphatic rings. The second kappa shape index (κ2) is 8.74. The summed E-state index contributed by atoms with van der Waals surface area (Å²) in [4.78, 5) is 0. The second-order valence-electron chi connectivity index (χ2n) is 3.62. The summed E-state index contributed by atoms with van der Waals surface area (Å²) in [6, 6.07) is 3.61. The maximum absolute atomic E-state index is 5.70. The predicted molar refractivity (Wildman–Crippen MR) is 79.1 cm³/mol. The first-order chi connectivity index (χ1) is 8.65. The molecule has 1 rings (SSSR count). The Morgan fingerprint density at radius 1 is 1.06 bits per heavy atom. The van der Waals surface area contributed by atoms with E-state index in [1.54, 1.807) is 19.2 Å². The number of halogens is 2. The lowest BCUT2D eigenvalue weighted by Gasteiger charge is -2.11. The van der Waals surface area contributed by atoms with E-state index in [0.717, 1.165) is 27.7 Å². The van der Waals surface area contributed by atoms with E-state index in [-0.39, 0.29) is 0 Å². The lowest BCUT2D eigenvalue weighted by atomic mass is 10.3. The van der Waals surface area contributed by atoms with Gasteiger partial charge in [-0.3, -0.25) is 0 Å². The molecule has 0 spiro atoms. The summed E-state index contributed by atoms with van der Waals surface area (Å²) in [5.41, 5.74) is 6.38. The number of anilines is 1. The van der Waals surface area contributed by atoms with Gasteiger partial charge < -0.3 is 19.9 Å². The van der Waals surface area contributed by atoms with E-state index in [1.165, 1.54) is 0 Å². The van der Waals surface area contributed by atoms with Crippen LogP contribution in [0.2, 0.25) is 0 Å². The van der Waals surface area contributed by atoms with E-state index >= 15 is 0 Å². The standard InChI is InChI=1S/C12H17Br2NO3/c1-16-3-2-4-17-5-6-18-12-10(13)7-9(15)8-11(12)14/h7-8H,2-6,15H2,1H3. The van der Waals surface area contributed by atoms with E-state index in [2.05, 4.69) is 31.9 Å². The van der Waals surface area contributed by atoms with Crippen molar-refractivity contribution in [1.29, 1.82) is 0 Å². The maximum atomic E-state index is 5.70. The minimum atomic E-state index is 0.494. The van der Waals surface area contributed by atoms with Crippen LogP contribution in [0.4, 0.5) is 5.69 Å². The van der Waals surface area contributed by atoms with E-state index in [4.69, 9.17) is 19.9 Å². The number of hydrogen-bond acceptors (Lipinski definition) is 4. The molecule has 0 fully saturated rings. The summed E-state index contributed by atoms with van der Waals surface area (Å²) in [6.45, 7) is 2.44. The van der Waals surface area contributed by atoms with Crippen molar-refractivity contribution in [2.45, 2.75) is 6.42 Å². The Morgan fingerprint density at radius 3 is 2.33 bits per heavy atom. The van der Waals surface area contributed by atoms with Crippen LogP contribution < -0.4 is 10.5 Å². The molecule has 0 unspecified atom stereocenters. The van der Waals surface area contributed by atoms with Gasteiger partial charge in [0.05, 0.1) is 15.6 Å². The van der Waals surface area contributed by atoms with Crippen LogP contribution in [0.3, 0.4) is 0 Å². The van der Waals surface area contributed by atoms with Crippen LogP contribution >= 0.6 is 31.9 Å². The molecule has 0 saturated carbocycles. The first kappa shape index (κ1) is 15.8. The minimum Gasteiger partial charge on any atom is -0.489 e. The van der Waals surface area contributed by atoms with Crippen molar-refractivity contribution in [2.24, 2.45) is 0 Å². The van der Waals surface area contributed by atoms with Gasteiger partial charge >= 0.3 is 0 Å². The number of nitrogens with two attached hydrogens (primary N) is 1. The van der Waals surface area contributed by atoms with Gasteiger partial charge in [0.2, 0.25) is 0 Å². The minimum absolute atomic E-state index is 0.494. The number of benzene rings is 1. The Kier molecular flexibility index (Phi) is 7.65. The van der Waals surface area contributed by atoms with Crippen LogP contribution in [-0.2, 0) is 9.47 Å². The van der Waals surface area contributed by atoms with E-state index in [0.29, 0.717) is 25.5 Å². The highest BCUT2D eigenvalue weighted by molar-refractivity contribution is 9.11. The highest BCUT2D eigenvalue weighted by Gasteiger charge is 2.07. The number of hydrogen-bond donors (Lipinski definition) is 1. The van der Waals surface area contributed by atoms with Crippen molar-refractivity contribution >= 4 is 37.5 Å². The van der Waals surface area contributed by atoms with E-state index < -0.39 is 0 Å². The fourth-order valence-electron chi connectivity index (χ4n) is 1.33. The summed E-state index contributed by atoms with van der Waals surface area (Å²) < 4.78 is 17.6. The molecule has 4 nitrogen and oxygen atoms in total. The molecular formula is C12H17Br2NO3. The smallest absolute Gasteiger partial charge is 0.147 e. The molecule has 0 amide bonds. The van der Waals surface area contributed by atoms with Crippen LogP contribution in [0.5, 0.6) is 5.75 Å². The van der Waals surface area contributed by atoms with Gasteiger partial charge in [0, 0.05) is 26.0 Å². The lowest BCUT2D eigenvalue weighted by molar-refractivity contribution is 0.0803. The van der Waals surface area contributed by atoms with E-state index in [1.807, 2.05) is 0 Å². The molecule has 0 aliphatic carbocycles. The molecule has 1 aromatic rings. The van der Waals surface area contributed by atoms with Crippen LogP contribution in [0, 0.1) is 0 Å². The molecule has 1 aromatic carbocycles. The SMILES string of the molecule is COCCCOCCOc1c(Br)cc(N)cc1Br. The summed E-state index contributed by atoms with van der Waals surface area (Å²) in [6.07, 6.45) is 0.895. The molecule has 18 heavy (non-hydrogen) atoms. The first-order valence-corrected chi connectivity index (χ1v) is 7.17. The van der Waals surface area contributed by atoms with Gasteiger partial charge in [-0.1, -0.05) is 0 Å². The third-order valence-corrected chi connectivity index (χ3v) is 3.31. The Hall–Kier alpha value is -0.300. The van der Waals surface area contributed by atoms with Gasteiger partial charge in [-0.05, 0) is 50.4 Å². The van der Waals surface area contributed by atoms with Gasteiger partial charge in [0.1, 0.15) is 12.4 Å². The number of nitrogen functional groups attached to an aromatic ring is 1. The lowest BCUT2D eigenvalue weighted by Crippen LogP contribution is -2.09. The predicted octanol–water partition coefficient (Wildman–Crippen LogP) is 3.23. The molecule has 6 heteroatoms. The van der Waals surface area contributed by atoms with Crippen LogP contribution in [0.1, 0.15) is 6.42 Å². The average Bonchev–Trinajstić information content (AvgIpc) is 2.30. The molecular weight excluding hydrogens is 366 g/mol. The van der Waals surface area contributed by atoms with Crippen molar-refractivity contribution in [3.05, 3.63) is 21.1 Å². The molecule has 0 saturated heterocycles. The third kappa shape index (κ3) is 5.56. The molecule has 0 heterocycles. The van der Waals surface area contributed by atoms with Gasteiger partial charge in [0.25, 0.3) is 0 Å². The van der Waals surface area contributed by atoms with Gasteiger partial charge in [-0.2, -0.15) is 0 Å². The zero-order valence-electron chi connectivity index (χ0n) is 10.2. The van der Waals surface area contributed by atoms with Crippen molar-refractivity contribution < 1.29 is 14.2 Å². The molecule has 0 bridgehead atoms. The zero-order chi connectivity index (χ0) is 13.4. The first-order valence-electron chi connectivity index (χ1n) is 5.59. The van der Waals surface area contributed by atoms with Crippen molar-refractivity contribution in [2.75, 3.05) is 39.3 Å². The maximum Gasteiger partial charge on any atom is 0.147 e. The monoisotopic (exact) mass is 381 g/mol. The normalized spacial score (nSPS) is 10.6.